The van der Waals surface area contributed by atoms with Gasteiger partial charge in [-0.15, -0.1) is 0 Å². The molecule has 0 bridgehead atoms. The summed E-state index contributed by atoms with van der Waals surface area (Å²) in [5.74, 6) is -1.07. The lowest BCUT2D eigenvalue weighted by atomic mass is 10.2. The fourth-order valence-electron chi connectivity index (χ4n) is 2.25. The van der Waals surface area contributed by atoms with Crippen molar-refractivity contribution >= 4 is 5.69 Å². The van der Waals surface area contributed by atoms with Crippen LogP contribution in [0, 0.1) is 11.6 Å². The summed E-state index contributed by atoms with van der Waals surface area (Å²) in [6.07, 6.45) is 2.08. The molecule has 0 aromatic heterocycles. The average Bonchev–Trinajstić information content (AvgIpc) is 2.42. The second-order valence-corrected chi connectivity index (χ2v) is 4.85. The number of rotatable bonds is 6. The van der Waals surface area contributed by atoms with Gasteiger partial charge in [-0.3, -0.25) is 0 Å². The van der Waals surface area contributed by atoms with Gasteiger partial charge in [-0.25, -0.2) is 8.78 Å². The molecule has 2 N–H and O–H groups in total. The van der Waals surface area contributed by atoms with E-state index in [-0.39, 0.29) is 0 Å². The van der Waals surface area contributed by atoms with Gasteiger partial charge in [0, 0.05) is 38.8 Å². The first-order valence-corrected chi connectivity index (χ1v) is 6.88. The Balaban J connectivity index is 1.61. The van der Waals surface area contributed by atoms with E-state index in [0.29, 0.717) is 12.2 Å². The molecule has 106 valence electrons. The van der Waals surface area contributed by atoms with Crippen LogP contribution < -0.4 is 10.6 Å². The van der Waals surface area contributed by atoms with Crippen molar-refractivity contribution in [3.05, 3.63) is 29.8 Å². The van der Waals surface area contributed by atoms with Gasteiger partial charge in [0.25, 0.3) is 0 Å². The predicted octanol–water partition coefficient (Wildman–Crippen LogP) is 2.06. The van der Waals surface area contributed by atoms with Gasteiger partial charge < -0.3 is 15.5 Å². The van der Waals surface area contributed by atoms with E-state index >= 15 is 0 Å². The Morgan fingerprint density at radius 2 is 1.95 bits per heavy atom. The standard InChI is InChI=1S/C14H21F2N3/c15-12-3-4-14(13(16)11-12)18-5-1-2-8-19-9-6-17-7-10-19/h3-4,11,17-18H,1-2,5-10H2. The van der Waals surface area contributed by atoms with E-state index < -0.39 is 11.6 Å². The Hall–Kier alpha value is -1.20. The zero-order valence-corrected chi connectivity index (χ0v) is 11.1. The highest BCUT2D eigenvalue weighted by Crippen LogP contribution is 2.14. The molecule has 1 fully saturated rings. The van der Waals surface area contributed by atoms with Crippen LogP contribution in [-0.4, -0.2) is 44.2 Å². The van der Waals surface area contributed by atoms with Crippen LogP contribution in [0.2, 0.25) is 0 Å². The molecule has 1 aromatic carbocycles. The number of anilines is 1. The third kappa shape index (κ3) is 4.76. The molecular weight excluding hydrogens is 248 g/mol. The van der Waals surface area contributed by atoms with Gasteiger partial charge >= 0.3 is 0 Å². The minimum atomic E-state index is -0.540. The molecule has 1 aliphatic heterocycles. The lowest BCUT2D eigenvalue weighted by Crippen LogP contribution is -2.43. The Labute approximate surface area is 113 Å². The summed E-state index contributed by atoms with van der Waals surface area (Å²) in [5, 5.41) is 6.33. The maximum atomic E-state index is 13.3. The third-order valence-electron chi connectivity index (χ3n) is 3.36. The molecule has 19 heavy (non-hydrogen) atoms. The normalized spacial score (nSPS) is 16.5. The average molecular weight is 269 g/mol. The first kappa shape index (κ1) is 14.2. The molecule has 5 heteroatoms. The van der Waals surface area contributed by atoms with Gasteiger partial charge in [0.05, 0.1) is 5.69 Å². The summed E-state index contributed by atoms with van der Waals surface area (Å²) in [5.41, 5.74) is 0.378. The highest BCUT2D eigenvalue weighted by molar-refractivity contribution is 5.44. The molecule has 0 saturated carbocycles. The van der Waals surface area contributed by atoms with E-state index in [1.54, 1.807) is 0 Å². The van der Waals surface area contributed by atoms with Crippen molar-refractivity contribution in [1.82, 2.24) is 10.2 Å². The fourth-order valence-corrected chi connectivity index (χ4v) is 2.25. The quantitative estimate of drug-likeness (QED) is 0.774. The Morgan fingerprint density at radius 1 is 1.16 bits per heavy atom. The number of halogens is 2. The minimum absolute atomic E-state index is 0.378. The molecule has 0 aliphatic carbocycles. The number of nitrogens with zero attached hydrogens (tertiary/aromatic N) is 1. The highest BCUT2D eigenvalue weighted by atomic mass is 19.1. The number of hydrogen-bond acceptors (Lipinski definition) is 3. The van der Waals surface area contributed by atoms with Crippen LogP contribution in [0.25, 0.3) is 0 Å². The largest absolute Gasteiger partial charge is 0.383 e. The van der Waals surface area contributed by atoms with Gasteiger partial charge in [0.1, 0.15) is 11.6 Å². The van der Waals surface area contributed by atoms with Crippen LogP contribution in [-0.2, 0) is 0 Å². The zero-order valence-electron chi connectivity index (χ0n) is 11.1. The topological polar surface area (TPSA) is 27.3 Å². The van der Waals surface area contributed by atoms with E-state index in [0.717, 1.165) is 51.6 Å². The molecule has 2 rings (SSSR count). The summed E-state index contributed by atoms with van der Waals surface area (Å²) < 4.78 is 26.1. The van der Waals surface area contributed by atoms with Crippen LogP contribution in [0.5, 0.6) is 0 Å². The summed E-state index contributed by atoms with van der Waals surface area (Å²) in [7, 11) is 0. The summed E-state index contributed by atoms with van der Waals surface area (Å²) in [6, 6.07) is 3.62. The van der Waals surface area contributed by atoms with Crippen LogP contribution in [0.15, 0.2) is 18.2 Å². The first-order valence-electron chi connectivity index (χ1n) is 6.88. The molecule has 1 saturated heterocycles. The SMILES string of the molecule is Fc1ccc(NCCCCN2CCNCC2)c(F)c1. The Morgan fingerprint density at radius 3 is 2.68 bits per heavy atom. The van der Waals surface area contributed by atoms with Crippen molar-refractivity contribution in [3.63, 3.8) is 0 Å². The molecule has 0 spiro atoms. The molecule has 1 aromatic rings. The number of hydrogen-bond donors (Lipinski definition) is 2. The minimum Gasteiger partial charge on any atom is -0.383 e. The highest BCUT2D eigenvalue weighted by Gasteiger charge is 2.08. The zero-order chi connectivity index (χ0) is 13.5. The maximum absolute atomic E-state index is 13.3. The first-order chi connectivity index (χ1) is 9.25. The Kier molecular flexibility index (Phi) is 5.54. The van der Waals surface area contributed by atoms with Crippen LogP contribution >= 0.6 is 0 Å². The smallest absolute Gasteiger partial charge is 0.149 e. The second kappa shape index (κ2) is 7.40. The van der Waals surface area contributed by atoms with Gasteiger partial charge in [-0.05, 0) is 31.5 Å². The number of piperazine rings is 1. The van der Waals surface area contributed by atoms with Gasteiger partial charge in [0.15, 0.2) is 0 Å². The van der Waals surface area contributed by atoms with Crippen LogP contribution in [0.3, 0.4) is 0 Å². The molecule has 3 nitrogen and oxygen atoms in total. The van der Waals surface area contributed by atoms with E-state index in [9.17, 15) is 8.78 Å². The Bertz CT molecular complexity index is 392. The number of benzene rings is 1. The van der Waals surface area contributed by atoms with Crippen molar-refractivity contribution in [2.24, 2.45) is 0 Å². The molecular formula is C14H21F2N3. The molecule has 0 radical (unpaired) electrons. The molecule has 1 heterocycles. The maximum Gasteiger partial charge on any atom is 0.149 e. The molecule has 0 amide bonds. The van der Waals surface area contributed by atoms with E-state index in [1.807, 2.05) is 0 Å². The van der Waals surface area contributed by atoms with Crippen molar-refractivity contribution in [2.75, 3.05) is 44.6 Å². The van der Waals surface area contributed by atoms with Gasteiger partial charge in [-0.2, -0.15) is 0 Å². The monoisotopic (exact) mass is 269 g/mol. The van der Waals surface area contributed by atoms with E-state index in [1.165, 1.54) is 12.1 Å². The summed E-state index contributed by atoms with van der Waals surface area (Å²) in [6.45, 7) is 6.17. The summed E-state index contributed by atoms with van der Waals surface area (Å²) >= 11 is 0. The molecule has 1 aliphatic rings. The number of unbranched alkanes of at least 4 members (excludes halogenated alkanes) is 1. The summed E-state index contributed by atoms with van der Waals surface area (Å²) in [4.78, 5) is 2.44. The number of nitrogens with one attached hydrogen (secondary N) is 2. The van der Waals surface area contributed by atoms with Crippen molar-refractivity contribution in [2.45, 2.75) is 12.8 Å². The van der Waals surface area contributed by atoms with E-state index in [4.69, 9.17) is 0 Å². The lowest BCUT2D eigenvalue weighted by Gasteiger charge is -2.27. The van der Waals surface area contributed by atoms with Crippen LogP contribution in [0.1, 0.15) is 12.8 Å². The second-order valence-electron chi connectivity index (χ2n) is 4.85. The third-order valence-corrected chi connectivity index (χ3v) is 3.36. The molecule has 0 unspecified atom stereocenters. The van der Waals surface area contributed by atoms with Crippen molar-refractivity contribution in [3.8, 4) is 0 Å². The van der Waals surface area contributed by atoms with Crippen LogP contribution in [0.4, 0.5) is 14.5 Å². The van der Waals surface area contributed by atoms with E-state index in [2.05, 4.69) is 15.5 Å². The van der Waals surface area contributed by atoms with Gasteiger partial charge in [0.2, 0.25) is 0 Å². The predicted molar refractivity (Wildman–Crippen MR) is 73.4 cm³/mol. The lowest BCUT2D eigenvalue weighted by molar-refractivity contribution is 0.237. The fraction of sp³-hybridized carbons (Fsp3) is 0.571. The van der Waals surface area contributed by atoms with Crippen molar-refractivity contribution < 1.29 is 8.78 Å². The van der Waals surface area contributed by atoms with Crippen molar-refractivity contribution in [1.29, 1.82) is 0 Å². The molecule has 0 atom stereocenters. The van der Waals surface area contributed by atoms with Gasteiger partial charge in [-0.1, -0.05) is 0 Å².